The highest BCUT2D eigenvalue weighted by Gasteiger charge is 2.06. The van der Waals surface area contributed by atoms with Gasteiger partial charge in [0.25, 0.3) is 0 Å². The molecule has 1 rings (SSSR count). The Balaban J connectivity index is 2.18. The number of nitrogens with one attached hydrogen (secondary N) is 3. The molecule has 0 aliphatic carbocycles. The smallest absolute Gasteiger partial charge is 0.0383 e. The van der Waals surface area contributed by atoms with E-state index in [2.05, 4.69) is 61.0 Å². The summed E-state index contributed by atoms with van der Waals surface area (Å²) >= 11 is 0. The first-order chi connectivity index (χ1) is 8.53. The van der Waals surface area contributed by atoms with E-state index in [1.807, 2.05) is 7.05 Å². The molecule has 0 aliphatic heterocycles. The number of hydrogen-bond acceptors (Lipinski definition) is 3. The summed E-state index contributed by atoms with van der Waals surface area (Å²) in [7, 11) is 1.96. The molecule has 0 atom stereocenters. The third-order valence-electron chi connectivity index (χ3n) is 2.79. The van der Waals surface area contributed by atoms with Gasteiger partial charge in [-0.05, 0) is 51.9 Å². The fourth-order valence-electron chi connectivity index (χ4n) is 1.82. The third-order valence-corrected chi connectivity index (χ3v) is 2.79. The predicted molar refractivity (Wildman–Crippen MR) is 80.1 cm³/mol. The highest BCUT2D eigenvalue weighted by molar-refractivity contribution is 5.50. The summed E-state index contributed by atoms with van der Waals surface area (Å²) in [6.07, 6.45) is 1.15. The Morgan fingerprint density at radius 1 is 1.06 bits per heavy atom. The summed E-state index contributed by atoms with van der Waals surface area (Å²) in [5.41, 5.74) is 2.75. The summed E-state index contributed by atoms with van der Waals surface area (Å²) in [6.45, 7) is 9.62. The zero-order valence-corrected chi connectivity index (χ0v) is 12.1. The van der Waals surface area contributed by atoms with Gasteiger partial charge in [0, 0.05) is 24.8 Å². The molecule has 0 aliphatic rings. The minimum atomic E-state index is 0.221. The Kier molecular flexibility index (Phi) is 6.16. The highest BCUT2D eigenvalue weighted by Crippen LogP contribution is 2.13. The molecule has 0 radical (unpaired) electrons. The van der Waals surface area contributed by atoms with Crippen LogP contribution in [0.3, 0.4) is 0 Å². The number of para-hydroxylation sites is 1. The molecule has 0 saturated carbocycles. The van der Waals surface area contributed by atoms with Crippen molar-refractivity contribution in [1.29, 1.82) is 0 Å². The average molecular weight is 249 g/mol. The molecule has 0 bridgehead atoms. The lowest BCUT2D eigenvalue weighted by Gasteiger charge is -2.20. The largest absolute Gasteiger partial charge is 0.388 e. The lowest BCUT2D eigenvalue weighted by atomic mass is 10.1. The maximum absolute atomic E-state index is 3.49. The molecular formula is C15H27N3. The zero-order chi connectivity index (χ0) is 13.4. The topological polar surface area (TPSA) is 36.1 Å². The van der Waals surface area contributed by atoms with E-state index in [4.69, 9.17) is 0 Å². The van der Waals surface area contributed by atoms with E-state index in [1.165, 1.54) is 11.3 Å². The van der Waals surface area contributed by atoms with Gasteiger partial charge in [-0.1, -0.05) is 18.2 Å². The van der Waals surface area contributed by atoms with E-state index in [9.17, 15) is 0 Å². The molecule has 0 saturated heterocycles. The van der Waals surface area contributed by atoms with Crippen LogP contribution in [0.15, 0.2) is 24.3 Å². The van der Waals surface area contributed by atoms with Gasteiger partial charge in [-0.15, -0.1) is 0 Å². The van der Waals surface area contributed by atoms with Crippen molar-refractivity contribution in [2.45, 2.75) is 39.3 Å². The standard InChI is InChI=1S/C15H27N3/c1-15(2,3)18-11-7-10-17-12-13-8-5-6-9-14(13)16-4/h5-6,8-9,16-18H,7,10-12H2,1-4H3. The van der Waals surface area contributed by atoms with E-state index < -0.39 is 0 Å². The molecule has 0 unspecified atom stereocenters. The van der Waals surface area contributed by atoms with E-state index in [0.717, 1.165) is 26.1 Å². The van der Waals surface area contributed by atoms with Gasteiger partial charge in [0.1, 0.15) is 0 Å². The van der Waals surface area contributed by atoms with Crippen molar-refractivity contribution in [3.8, 4) is 0 Å². The second kappa shape index (κ2) is 7.39. The van der Waals surface area contributed by atoms with Crippen LogP contribution in [0.25, 0.3) is 0 Å². The Bertz CT molecular complexity index is 342. The van der Waals surface area contributed by atoms with Gasteiger partial charge in [0.15, 0.2) is 0 Å². The van der Waals surface area contributed by atoms with Crippen LogP contribution in [0, 0.1) is 0 Å². The van der Waals surface area contributed by atoms with Gasteiger partial charge in [-0.3, -0.25) is 0 Å². The van der Waals surface area contributed by atoms with Crippen LogP contribution in [0.2, 0.25) is 0 Å². The summed E-state index contributed by atoms with van der Waals surface area (Å²) in [4.78, 5) is 0. The van der Waals surface area contributed by atoms with Crippen molar-refractivity contribution in [2.24, 2.45) is 0 Å². The summed E-state index contributed by atoms with van der Waals surface area (Å²) < 4.78 is 0. The number of benzene rings is 1. The Morgan fingerprint density at radius 3 is 2.44 bits per heavy atom. The summed E-state index contributed by atoms with van der Waals surface area (Å²) in [5.74, 6) is 0. The summed E-state index contributed by atoms with van der Waals surface area (Å²) in [6, 6.07) is 8.41. The van der Waals surface area contributed by atoms with Crippen LogP contribution < -0.4 is 16.0 Å². The van der Waals surface area contributed by atoms with Crippen LogP contribution >= 0.6 is 0 Å². The first-order valence-electron chi connectivity index (χ1n) is 6.74. The van der Waals surface area contributed by atoms with Crippen LogP contribution in [0.1, 0.15) is 32.8 Å². The fourth-order valence-corrected chi connectivity index (χ4v) is 1.82. The second-order valence-electron chi connectivity index (χ2n) is 5.61. The molecule has 3 heteroatoms. The van der Waals surface area contributed by atoms with Crippen molar-refractivity contribution < 1.29 is 0 Å². The van der Waals surface area contributed by atoms with Crippen LogP contribution in [-0.4, -0.2) is 25.7 Å². The van der Waals surface area contributed by atoms with E-state index in [1.54, 1.807) is 0 Å². The lowest BCUT2D eigenvalue weighted by Crippen LogP contribution is -2.37. The van der Waals surface area contributed by atoms with Gasteiger partial charge in [-0.25, -0.2) is 0 Å². The first kappa shape index (κ1) is 15.0. The van der Waals surface area contributed by atoms with Crippen molar-refractivity contribution in [3.05, 3.63) is 29.8 Å². The van der Waals surface area contributed by atoms with Gasteiger partial charge in [-0.2, -0.15) is 0 Å². The number of rotatable bonds is 7. The molecule has 0 aromatic heterocycles. The molecule has 102 valence electrons. The Hall–Kier alpha value is -1.06. The Labute approximate surface area is 111 Å². The van der Waals surface area contributed by atoms with Crippen LogP contribution in [-0.2, 0) is 6.54 Å². The normalized spacial score (nSPS) is 11.6. The SMILES string of the molecule is CNc1ccccc1CNCCCNC(C)(C)C. The number of hydrogen-bond donors (Lipinski definition) is 3. The van der Waals surface area contributed by atoms with E-state index in [-0.39, 0.29) is 5.54 Å². The predicted octanol–water partition coefficient (Wildman–Crippen LogP) is 2.60. The van der Waals surface area contributed by atoms with Crippen molar-refractivity contribution in [2.75, 3.05) is 25.5 Å². The molecule has 0 amide bonds. The maximum atomic E-state index is 3.49. The zero-order valence-electron chi connectivity index (χ0n) is 12.1. The van der Waals surface area contributed by atoms with Gasteiger partial charge in [0.2, 0.25) is 0 Å². The van der Waals surface area contributed by atoms with Crippen LogP contribution in [0.5, 0.6) is 0 Å². The van der Waals surface area contributed by atoms with Gasteiger partial charge < -0.3 is 16.0 Å². The molecule has 0 fully saturated rings. The Morgan fingerprint density at radius 2 is 1.78 bits per heavy atom. The highest BCUT2D eigenvalue weighted by atomic mass is 14.9. The second-order valence-corrected chi connectivity index (χ2v) is 5.61. The number of anilines is 1. The van der Waals surface area contributed by atoms with Crippen molar-refractivity contribution in [1.82, 2.24) is 10.6 Å². The minimum Gasteiger partial charge on any atom is -0.388 e. The fraction of sp³-hybridized carbons (Fsp3) is 0.600. The van der Waals surface area contributed by atoms with E-state index >= 15 is 0 Å². The quantitative estimate of drug-likeness (QED) is 0.650. The average Bonchev–Trinajstić information content (AvgIpc) is 2.32. The first-order valence-corrected chi connectivity index (χ1v) is 6.74. The molecule has 3 nitrogen and oxygen atoms in total. The minimum absolute atomic E-state index is 0.221. The molecular weight excluding hydrogens is 222 g/mol. The molecule has 0 heterocycles. The van der Waals surface area contributed by atoms with Gasteiger partial charge >= 0.3 is 0 Å². The van der Waals surface area contributed by atoms with Crippen LogP contribution in [0.4, 0.5) is 5.69 Å². The van der Waals surface area contributed by atoms with E-state index in [0.29, 0.717) is 0 Å². The van der Waals surface area contributed by atoms with Gasteiger partial charge in [0.05, 0.1) is 0 Å². The summed E-state index contributed by atoms with van der Waals surface area (Å²) in [5, 5.41) is 10.2. The monoisotopic (exact) mass is 249 g/mol. The molecule has 1 aromatic carbocycles. The molecule has 0 spiro atoms. The lowest BCUT2D eigenvalue weighted by molar-refractivity contribution is 0.418. The van der Waals surface area contributed by atoms with Crippen molar-refractivity contribution in [3.63, 3.8) is 0 Å². The third kappa shape index (κ3) is 6.03. The molecule has 3 N–H and O–H groups in total. The molecule has 1 aromatic rings. The molecule has 18 heavy (non-hydrogen) atoms. The van der Waals surface area contributed by atoms with Crippen molar-refractivity contribution >= 4 is 5.69 Å². The maximum Gasteiger partial charge on any atom is 0.0383 e.